The van der Waals surface area contributed by atoms with Crippen LogP contribution in [0.3, 0.4) is 0 Å². The van der Waals surface area contributed by atoms with Gasteiger partial charge >= 0.3 is 11.9 Å². The number of esters is 1. The lowest BCUT2D eigenvalue weighted by Gasteiger charge is -1.90. The van der Waals surface area contributed by atoms with Crippen molar-refractivity contribution in [3.8, 4) is 0 Å². The number of hydrogen-bond donors (Lipinski definition) is 1. The van der Waals surface area contributed by atoms with Gasteiger partial charge in [-0.2, -0.15) is 0 Å². The molecule has 1 aliphatic carbocycles. The standard InChI is InChI=1S/C6H8O2.C4H6O2/c1-4(6(7)8)5-2-3-5;1-3-6-4(2)5/h5H,1-3H2,(H,7,8);3H,1H2,2H3. The summed E-state index contributed by atoms with van der Waals surface area (Å²) in [5.41, 5.74) is 0.380. The molecule has 0 aliphatic heterocycles. The molecule has 0 unspecified atom stereocenters. The van der Waals surface area contributed by atoms with Crippen LogP contribution in [-0.2, 0) is 14.3 Å². The van der Waals surface area contributed by atoms with Gasteiger partial charge in [0, 0.05) is 12.5 Å². The number of ether oxygens (including phenoxy) is 1. The van der Waals surface area contributed by atoms with E-state index in [0.29, 0.717) is 11.5 Å². The van der Waals surface area contributed by atoms with Crippen molar-refractivity contribution < 1.29 is 19.4 Å². The van der Waals surface area contributed by atoms with Crippen LogP contribution in [0.1, 0.15) is 19.8 Å². The molecular weight excluding hydrogens is 184 g/mol. The summed E-state index contributed by atoms with van der Waals surface area (Å²) in [5, 5.41) is 8.29. The summed E-state index contributed by atoms with van der Waals surface area (Å²) >= 11 is 0. The molecule has 0 aromatic carbocycles. The lowest BCUT2D eigenvalue weighted by atomic mass is 10.2. The molecule has 0 saturated heterocycles. The van der Waals surface area contributed by atoms with Crippen LogP contribution >= 0.6 is 0 Å². The van der Waals surface area contributed by atoms with E-state index >= 15 is 0 Å². The zero-order valence-corrected chi connectivity index (χ0v) is 8.16. The molecule has 0 spiro atoms. The van der Waals surface area contributed by atoms with E-state index in [4.69, 9.17) is 5.11 Å². The second-order valence-corrected chi connectivity index (χ2v) is 2.88. The molecular formula is C10H14O4. The monoisotopic (exact) mass is 198 g/mol. The number of hydrogen-bond acceptors (Lipinski definition) is 3. The summed E-state index contributed by atoms with van der Waals surface area (Å²) in [5.74, 6) is -0.870. The first kappa shape index (κ1) is 12.4. The fourth-order valence-electron chi connectivity index (χ4n) is 0.724. The topological polar surface area (TPSA) is 63.6 Å². The highest BCUT2D eigenvalue weighted by Crippen LogP contribution is 2.35. The molecule has 1 fully saturated rings. The molecule has 0 amide bonds. The van der Waals surface area contributed by atoms with Gasteiger partial charge in [-0.3, -0.25) is 4.79 Å². The predicted octanol–water partition coefficient (Wildman–Crippen LogP) is 1.73. The quantitative estimate of drug-likeness (QED) is 0.426. The van der Waals surface area contributed by atoms with E-state index in [2.05, 4.69) is 17.9 Å². The molecule has 4 heteroatoms. The lowest BCUT2D eigenvalue weighted by Crippen LogP contribution is -1.99. The fraction of sp³-hybridized carbons (Fsp3) is 0.400. The first-order chi connectivity index (χ1) is 6.49. The van der Waals surface area contributed by atoms with Crippen molar-refractivity contribution >= 4 is 11.9 Å². The molecule has 1 saturated carbocycles. The largest absolute Gasteiger partial charge is 0.478 e. The average molecular weight is 198 g/mol. The number of carboxylic acids is 1. The van der Waals surface area contributed by atoms with Crippen LogP contribution in [0.4, 0.5) is 0 Å². The van der Waals surface area contributed by atoms with Crippen molar-refractivity contribution in [2.45, 2.75) is 19.8 Å². The Balaban J connectivity index is 0.000000255. The van der Waals surface area contributed by atoms with E-state index in [1.165, 1.54) is 6.92 Å². The van der Waals surface area contributed by atoms with Crippen LogP contribution in [0.25, 0.3) is 0 Å². The zero-order valence-electron chi connectivity index (χ0n) is 8.16. The average Bonchev–Trinajstić information content (AvgIpc) is 2.86. The van der Waals surface area contributed by atoms with Crippen molar-refractivity contribution in [2.75, 3.05) is 0 Å². The Kier molecular flexibility index (Phi) is 5.29. The summed E-state index contributed by atoms with van der Waals surface area (Å²) in [4.78, 5) is 19.8. The van der Waals surface area contributed by atoms with E-state index in [0.717, 1.165) is 19.1 Å². The van der Waals surface area contributed by atoms with Gasteiger partial charge in [0.15, 0.2) is 0 Å². The molecule has 4 nitrogen and oxygen atoms in total. The fourth-order valence-corrected chi connectivity index (χ4v) is 0.724. The Morgan fingerprint density at radius 1 is 1.50 bits per heavy atom. The van der Waals surface area contributed by atoms with E-state index in [1.54, 1.807) is 0 Å². The molecule has 78 valence electrons. The Morgan fingerprint density at radius 2 is 2.00 bits per heavy atom. The van der Waals surface area contributed by atoms with Gasteiger partial charge in [0.25, 0.3) is 0 Å². The first-order valence-corrected chi connectivity index (χ1v) is 4.19. The molecule has 14 heavy (non-hydrogen) atoms. The highest BCUT2D eigenvalue weighted by atomic mass is 16.5. The number of carboxylic acid groups (broad SMARTS) is 1. The molecule has 1 aliphatic rings. The lowest BCUT2D eigenvalue weighted by molar-refractivity contribution is -0.135. The Morgan fingerprint density at radius 3 is 2.07 bits per heavy atom. The Hall–Kier alpha value is -1.58. The smallest absolute Gasteiger partial charge is 0.331 e. The Labute approximate surface area is 82.9 Å². The van der Waals surface area contributed by atoms with E-state index in [9.17, 15) is 9.59 Å². The maximum absolute atomic E-state index is 10.1. The minimum atomic E-state index is -0.840. The third kappa shape index (κ3) is 5.99. The molecule has 0 heterocycles. The van der Waals surface area contributed by atoms with E-state index in [1.807, 2.05) is 0 Å². The van der Waals surface area contributed by atoms with Crippen LogP contribution in [0.5, 0.6) is 0 Å². The molecule has 1 rings (SSSR count). The molecule has 1 N–H and O–H groups in total. The third-order valence-electron chi connectivity index (χ3n) is 1.59. The summed E-state index contributed by atoms with van der Waals surface area (Å²) in [6.45, 7) is 7.90. The normalized spacial score (nSPS) is 13.2. The molecule has 0 atom stereocenters. The van der Waals surface area contributed by atoms with Crippen molar-refractivity contribution in [1.82, 2.24) is 0 Å². The summed E-state index contributed by atoms with van der Waals surface area (Å²) in [6, 6.07) is 0. The third-order valence-corrected chi connectivity index (χ3v) is 1.59. The highest BCUT2D eigenvalue weighted by Gasteiger charge is 2.28. The van der Waals surface area contributed by atoms with Gasteiger partial charge in [-0.15, -0.1) is 0 Å². The molecule has 0 bridgehead atoms. The summed E-state index contributed by atoms with van der Waals surface area (Å²) < 4.78 is 4.17. The zero-order chi connectivity index (χ0) is 11.1. The maximum atomic E-state index is 10.1. The van der Waals surface area contributed by atoms with Crippen LogP contribution in [-0.4, -0.2) is 17.0 Å². The van der Waals surface area contributed by atoms with Crippen molar-refractivity contribution in [1.29, 1.82) is 0 Å². The van der Waals surface area contributed by atoms with Crippen molar-refractivity contribution in [2.24, 2.45) is 5.92 Å². The summed E-state index contributed by atoms with van der Waals surface area (Å²) in [7, 11) is 0. The van der Waals surface area contributed by atoms with Crippen molar-refractivity contribution in [3.63, 3.8) is 0 Å². The molecule has 0 aromatic heterocycles. The van der Waals surface area contributed by atoms with Gasteiger partial charge in [-0.1, -0.05) is 13.2 Å². The van der Waals surface area contributed by atoms with Gasteiger partial charge in [0.1, 0.15) is 0 Å². The van der Waals surface area contributed by atoms with E-state index < -0.39 is 5.97 Å². The van der Waals surface area contributed by atoms with Gasteiger partial charge in [0.2, 0.25) is 0 Å². The number of rotatable bonds is 3. The highest BCUT2D eigenvalue weighted by molar-refractivity contribution is 5.86. The second-order valence-electron chi connectivity index (χ2n) is 2.88. The first-order valence-electron chi connectivity index (χ1n) is 4.19. The van der Waals surface area contributed by atoms with Gasteiger partial charge in [0.05, 0.1) is 6.26 Å². The van der Waals surface area contributed by atoms with Crippen LogP contribution < -0.4 is 0 Å². The van der Waals surface area contributed by atoms with Gasteiger partial charge in [-0.05, 0) is 18.8 Å². The minimum absolute atomic E-state index is 0.299. The summed E-state index contributed by atoms with van der Waals surface area (Å²) in [6.07, 6.45) is 3.14. The number of carbonyl (C=O) groups excluding carboxylic acids is 1. The Bertz CT molecular complexity index is 251. The van der Waals surface area contributed by atoms with E-state index in [-0.39, 0.29) is 5.97 Å². The second kappa shape index (κ2) is 5.96. The van der Waals surface area contributed by atoms with Gasteiger partial charge < -0.3 is 9.84 Å². The van der Waals surface area contributed by atoms with Crippen LogP contribution in [0.2, 0.25) is 0 Å². The number of carbonyl (C=O) groups is 2. The predicted molar refractivity (Wildman–Crippen MR) is 51.5 cm³/mol. The maximum Gasteiger partial charge on any atom is 0.331 e. The number of aliphatic carboxylic acids is 1. The van der Waals surface area contributed by atoms with Crippen LogP contribution in [0, 0.1) is 5.92 Å². The van der Waals surface area contributed by atoms with Gasteiger partial charge in [-0.25, -0.2) is 4.79 Å². The van der Waals surface area contributed by atoms with Crippen molar-refractivity contribution in [3.05, 3.63) is 25.0 Å². The molecule has 0 radical (unpaired) electrons. The van der Waals surface area contributed by atoms with Crippen LogP contribution in [0.15, 0.2) is 25.0 Å². The minimum Gasteiger partial charge on any atom is -0.478 e. The molecule has 0 aromatic rings. The SMILES string of the molecule is C=C(C(=O)O)C1CC1.C=COC(C)=O.